The zero-order valence-corrected chi connectivity index (χ0v) is 25.2. The second-order valence-electron chi connectivity index (χ2n) is 12.6. The topological polar surface area (TPSA) is 129 Å². The Morgan fingerprint density at radius 1 is 1.00 bits per heavy atom. The number of carbonyl (C=O) groups excluding carboxylic acids is 3. The zero-order chi connectivity index (χ0) is 29.9. The summed E-state index contributed by atoms with van der Waals surface area (Å²) in [5.41, 5.74) is 0.245. The molecule has 2 unspecified atom stereocenters. The predicted molar refractivity (Wildman–Crippen MR) is 155 cm³/mol. The Morgan fingerprint density at radius 2 is 1.65 bits per heavy atom. The minimum Gasteiger partial charge on any atom is -0.445 e. The first-order chi connectivity index (χ1) is 18.7. The minimum atomic E-state index is -0.788. The molecule has 1 aromatic carbocycles. The second-order valence-corrected chi connectivity index (χ2v) is 12.6. The van der Waals surface area contributed by atoms with Gasteiger partial charge in [-0.1, -0.05) is 58.0 Å². The van der Waals surface area contributed by atoms with Crippen LogP contribution >= 0.6 is 0 Å². The van der Waals surface area contributed by atoms with Gasteiger partial charge in [-0.15, -0.1) is 0 Å². The third-order valence-electron chi connectivity index (χ3n) is 6.48. The average molecular weight is 563 g/mol. The first-order valence-electron chi connectivity index (χ1n) is 14.4. The number of carbonyl (C=O) groups is 3. The Balaban J connectivity index is 1.90. The Kier molecular flexibility index (Phi) is 13.2. The van der Waals surface area contributed by atoms with Gasteiger partial charge in [-0.3, -0.25) is 9.69 Å². The quantitative estimate of drug-likeness (QED) is 0.305. The van der Waals surface area contributed by atoms with Gasteiger partial charge in [0, 0.05) is 25.7 Å². The van der Waals surface area contributed by atoms with Crippen LogP contribution < -0.4 is 16.0 Å². The lowest BCUT2D eigenvalue weighted by Gasteiger charge is -2.38. The Hall–Kier alpha value is -2.85. The van der Waals surface area contributed by atoms with Crippen LogP contribution in [-0.4, -0.2) is 77.6 Å². The van der Waals surface area contributed by atoms with Crippen molar-refractivity contribution >= 4 is 18.1 Å². The van der Waals surface area contributed by atoms with Gasteiger partial charge in [0.25, 0.3) is 0 Å². The van der Waals surface area contributed by atoms with Crippen molar-refractivity contribution in [2.75, 3.05) is 19.6 Å². The zero-order valence-electron chi connectivity index (χ0n) is 25.2. The molecule has 4 atom stereocenters. The maximum absolute atomic E-state index is 13.1. The van der Waals surface area contributed by atoms with E-state index >= 15 is 0 Å². The number of aliphatic hydroxyl groups is 1. The number of rotatable bonds is 12. The monoisotopic (exact) mass is 562 g/mol. The van der Waals surface area contributed by atoms with E-state index in [1.165, 1.54) is 0 Å². The molecule has 0 spiro atoms. The maximum Gasteiger partial charge on any atom is 0.408 e. The lowest BCUT2D eigenvalue weighted by molar-refractivity contribution is -0.125. The van der Waals surface area contributed by atoms with Gasteiger partial charge >= 0.3 is 12.2 Å². The minimum absolute atomic E-state index is 0.143. The van der Waals surface area contributed by atoms with Crippen LogP contribution in [0.1, 0.15) is 73.3 Å². The predicted octanol–water partition coefficient (Wildman–Crippen LogP) is 3.82. The number of piperidine rings is 1. The van der Waals surface area contributed by atoms with Crippen LogP contribution in [0.5, 0.6) is 0 Å². The Labute approximate surface area is 239 Å². The first-order valence-corrected chi connectivity index (χ1v) is 14.4. The summed E-state index contributed by atoms with van der Waals surface area (Å²) >= 11 is 0. The summed E-state index contributed by atoms with van der Waals surface area (Å²) in [6.45, 7) is 15.2. The summed E-state index contributed by atoms with van der Waals surface area (Å²) in [6, 6.07) is 8.18. The third kappa shape index (κ3) is 13.0. The number of hydrogen-bond acceptors (Lipinski definition) is 7. The van der Waals surface area contributed by atoms with Crippen LogP contribution in [0.25, 0.3) is 0 Å². The number of aliphatic hydroxyl groups excluding tert-OH is 1. The number of nitrogens with zero attached hydrogens (tertiary/aromatic N) is 1. The average Bonchev–Trinajstić information content (AvgIpc) is 2.82. The second kappa shape index (κ2) is 15.8. The van der Waals surface area contributed by atoms with Crippen LogP contribution in [0.4, 0.5) is 9.59 Å². The molecule has 1 aliphatic heterocycles. The van der Waals surface area contributed by atoms with Gasteiger partial charge in [-0.25, -0.2) is 9.59 Å². The van der Waals surface area contributed by atoms with Crippen molar-refractivity contribution in [3.63, 3.8) is 0 Å². The van der Waals surface area contributed by atoms with Gasteiger partial charge < -0.3 is 30.5 Å². The molecule has 226 valence electrons. The van der Waals surface area contributed by atoms with Gasteiger partial charge in [0.05, 0.1) is 12.1 Å². The lowest BCUT2D eigenvalue weighted by atomic mass is 9.97. The smallest absolute Gasteiger partial charge is 0.408 e. The normalized spacial score (nSPS) is 19.6. The molecule has 1 fully saturated rings. The van der Waals surface area contributed by atoms with E-state index in [4.69, 9.17) is 9.47 Å². The summed E-state index contributed by atoms with van der Waals surface area (Å²) in [5, 5.41) is 19.5. The van der Waals surface area contributed by atoms with Crippen LogP contribution in [0.15, 0.2) is 30.3 Å². The van der Waals surface area contributed by atoms with Gasteiger partial charge in [0.15, 0.2) is 0 Å². The SMILES string of the molecule is CC(C)C[C@@H](CN1CCC(NC(=O)[C@H](CC(C)C)NC(=O)OC(C)(C)C)C(O)C1)NC(=O)OCc1ccccc1. The van der Waals surface area contributed by atoms with Crippen molar-refractivity contribution < 1.29 is 29.0 Å². The summed E-state index contributed by atoms with van der Waals surface area (Å²) in [7, 11) is 0. The van der Waals surface area contributed by atoms with E-state index in [9.17, 15) is 19.5 Å². The van der Waals surface area contributed by atoms with Crippen molar-refractivity contribution in [2.24, 2.45) is 11.8 Å². The first kappa shape index (κ1) is 33.4. The van der Waals surface area contributed by atoms with Crippen LogP contribution in [0.2, 0.25) is 0 Å². The van der Waals surface area contributed by atoms with Crippen molar-refractivity contribution in [3.05, 3.63) is 35.9 Å². The van der Waals surface area contributed by atoms with E-state index in [2.05, 4.69) is 34.7 Å². The molecule has 1 saturated heterocycles. The fraction of sp³-hybridized carbons (Fsp3) is 0.700. The largest absolute Gasteiger partial charge is 0.445 e. The summed E-state index contributed by atoms with van der Waals surface area (Å²) < 4.78 is 10.7. The highest BCUT2D eigenvalue weighted by molar-refractivity contribution is 5.86. The molecule has 1 aliphatic rings. The highest BCUT2D eigenvalue weighted by atomic mass is 16.6. The number of alkyl carbamates (subject to hydrolysis) is 2. The highest BCUT2D eigenvalue weighted by Gasteiger charge is 2.33. The number of amides is 3. The van der Waals surface area contributed by atoms with E-state index < -0.39 is 36.0 Å². The van der Waals surface area contributed by atoms with Crippen molar-refractivity contribution in [2.45, 2.75) is 104 Å². The Bertz CT molecular complexity index is 934. The number of ether oxygens (including phenoxy) is 2. The molecule has 10 nitrogen and oxygen atoms in total. The number of hydrogen-bond donors (Lipinski definition) is 4. The molecule has 10 heteroatoms. The molecule has 0 aromatic heterocycles. The number of likely N-dealkylation sites (tertiary alicyclic amines) is 1. The molecular formula is C30H50N4O6. The van der Waals surface area contributed by atoms with E-state index in [0.717, 1.165) is 12.0 Å². The number of nitrogens with one attached hydrogen (secondary N) is 3. The molecule has 1 aromatic rings. The molecular weight excluding hydrogens is 512 g/mol. The third-order valence-corrected chi connectivity index (χ3v) is 6.48. The van der Waals surface area contributed by atoms with Crippen LogP contribution in [0.3, 0.4) is 0 Å². The fourth-order valence-corrected chi connectivity index (χ4v) is 4.76. The molecule has 0 bridgehead atoms. The summed E-state index contributed by atoms with van der Waals surface area (Å²) in [6.07, 6.45) is -0.145. The van der Waals surface area contributed by atoms with E-state index in [-0.39, 0.29) is 24.5 Å². The van der Waals surface area contributed by atoms with E-state index in [1.807, 2.05) is 44.2 Å². The summed E-state index contributed by atoms with van der Waals surface area (Å²) in [4.78, 5) is 40.0. The van der Waals surface area contributed by atoms with Crippen molar-refractivity contribution in [1.82, 2.24) is 20.9 Å². The van der Waals surface area contributed by atoms with Crippen molar-refractivity contribution in [3.8, 4) is 0 Å². The number of β-amino-alcohol motifs (C(OH)–C–C–N with tert-alkyl or cyclic N) is 1. The van der Waals surface area contributed by atoms with Gasteiger partial charge in [0.1, 0.15) is 18.2 Å². The summed E-state index contributed by atoms with van der Waals surface area (Å²) in [5.74, 6) is 0.191. The molecule has 3 amide bonds. The molecule has 40 heavy (non-hydrogen) atoms. The Morgan fingerprint density at radius 3 is 2.23 bits per heavy atom. The van der Waals surface area contributed by atoms with Crippen molar-refractivity contribution in [1.29, 1.82) is 0 Å². The number of benzene rings is 1. The lowest BCUT2D eigenvalue weighted by Crippen LogP contribution is -2.59. The standard InChI is InChI=1S/C30H50N4O6/c1-20(2)15-23(31-28(37)39-19-22-11-9-8-10-12-22)17-34-14-13-24(26(35)18-34)32-27(36)25(16-21(3)4)33-29(38)40-30(5,6)7/h8-12,20-21,23-26,35H,13-19H2,1-7H3,(H,31,37)(H,32,36)(H,33,38)/t23-,24?,25-,26?/m0/s1. The molecule has 0 radical (unpaired) electrons. The van der Waals surface area contributed by atoms with Gasteiger partial charge in [-0.05, 0) is 57.4 Å². The fourth-order valence-electron chi connectivity index (χ4n) is 4.76. The maximum atomic E-state index is 13.1. The molecule has 0 aliphatic carbocycles. The van der Waals surface area contributed by atoms with Crippen LogP contribution in [-0.2, 0) is 20.9 Å². The van der Waals surface area contributed by atoms with E-state index in [1.54, 1.807) is 20.8 Å². The van der Waals surface area contributed by atoms with Crippen LogP contribution in [0, 0.1) is 11.8 Å². The van der Waals surface area contributed by atoms with Gasteiger partial charge in [-0.2, -0.15) is 0 Å². The molecule has 0 saturated carbocycles. The van der Waals surface area contributed by atoms with Gasteiger partial charge in [0.2, 0.25) is 5.91 Å². The molecule has 2 rings (SSSR count). The van der Waals surface area contributed by atoms with E-state index in [0.29, 0.717) is 38.4 Å². The molecule has 4 N–H and O–H groups in total. The molecule has 1 heterocycles. The highest BCUT2D eigenvalue weighted by Crippen LogP contribution is 2.16.